The van der Waals surface area contributed by atoms with E-state index in [1.807, 2.05) is 25.1 Å². The van der Waals surface area contributed by atoms with Gasteiger partial charge in [0.1, 0.15) is 0 Å². The molecule has 1 aromatic carbocycles. The van der Waals surface area contributed by atoms with E-state index in [1.165, 1.54) is 0 Å². The van der Waals surface area contributed by atoms with Gasteiger partial charge in [0.05, 0.1) is 11.4 Å². The topological polar surface area (TPSA) is 87.0 Å². The fourth-order valence-corrected chi connectivity index (χ4v) is 0.694. The monoisotopic (exact) mass is 139 g/mol. The summed E-state index contributed by atoms with van der Waals surface area (Å²) in [4.78, 5) is 0. The van der Waals surface area contributed by atoms with Crippen molar-refractivity contribution in [3.8, 4) is 0 Å². The highest BCUT2D eigenvalue weighted by Crippen LogP contribution is 2.14. The first-order valence-corrected chi connectivity index (χ1v) is 2.82. The molecule has 0 aliphatic carbocycles. The highest BCUT2D eigenvalue weighted by molar-refractivity contribution is 5.63. The molecule has 1 rings (SSSR count). The smallest absolute Gasteiger partial charge is 0.0550 e. The Hall–Kier alpha value is -1.22. The molecular weight excluding hydrogens is 126 g/mol. The predicted octanol–water partition coefficient (Wildman–Crippen LogP) is 1.32. The number of aryl methyl sites for hydroxylation is 1. The van der Waals surface area contributed by atoms with Gasteiger partial charge in [0.15, 0.2) is 0 Å². The molecule has 0 amide bonds. The second-order valence-electron chi connectivity index (χ2n) is 2.13. The summed E-state index contributed by atoms with van der Waals surface area (Å²) in [5.41, 5.74) is 13.4. The summed E-state index contributed by atoms with van der Waals surface area (Å²) in [7, 11) is 0. The zero-order valence-corrected chi connectivity index (χ0v) is 6.09. The van der Waals surface area contributed by atoms with Gasteiger partial charge in [0.25, 0.3) is 0 Å². The Morgan fingerprint density at radius 2 is 1.70 bits per heavy atom. The average molecular weight is 139 g/mol. The highest BCUT2D eigenvalue weighted by atomic mass is 14.7. The first-order valence-electron chi connectivity index (χ1n) is 2.82. The van der Waals surface area contributed by atoms with Crippen molar-refractivity contribution in [3.63, 3.8) is 0 Å². The third-order valence-electron chi connectivity index (χ3n) is 1.24. The van der Waals surface area contributed by atoms with E-state index >= 15 is 0 Å². The van der Waals surface area contributed by atoms with Crippen LogP contribution in [0.3, 0.4) is 0 Å². The van der Waals surface area contributed by atoms with Gasteiger partial charge < -0.3 is 17.6 Å². The molecule has 0 heterocycles. The van der Waals surface area contributed by atoms with E-state index in [0.29, 0.717) is 11.4 Å². The van der Waals surface area contributed by atoms with Gasteiger partial charge in [-0.05, 0) is 24.6 Å². The van der Waals surface area contributed by atoms with Crippen molar-refractivity contribution in [1.82, 2.24) is 6.15 Å². The molecule has 0 atom stereocenters. The minimum atomic E-state index is 0. The van der Waals surface area contributed by atoms with Gasteiger partial charge in [-0.15, -0.1) is 0 Å². The quantitative estimate of drug-likeness (QED) is 0.474. The molecule has 10 heavy (non-hydrogen) atoms. The van der Waals surface area contributed by atoms with Crippen molar-refractivity contribution < 1.29 is 0 Å². The van der Waals surface area contributed by atoms with E-state index < -0.39 is 0 Å². The largest absolute Gasteiger partial charge is 0.397 e. The van der Waals surface area contributed by atoms with Crippen LogP contribution < -0.4 is 17.6 Å². The Labute approximate surface area is 60.6 Å². The molecule has 3 heteroatoms. The molecule has 1 aromatic rings. The number of rotatable bonds is 0. The van der Waals surface area contributed by atoms with Crippen LogP contribution in [0.15, 0.2) is 18.2 Å². The third kappa shape index (κ3) is 1.63. The van der Waals surface area contributed by atoms with E-state index in [2.05, 4.69) is 0 Å². The van der Waals surface area contributed by atoms with Crippen molar-refractivity contribution in [3.05, 3.63) is 23.8 Å². The van der Waals surface area contributed by atoms with Crippen LogP contribution >= 0.6 is 0 Å². The van der Waals surface area contributed by atoms with Crippen LogP contribution in [0.1, 0.15) is 5.56 Å². The normalized spacial score (nSPS) is 8.50. The van der Waals surface area contributed by atoms with Crippen LogP contribution in [-0.2, 0) is 0 Å². The average Bonchev–Trinajstić information content (AvgIpc) is 1.80. The van der Waals surface area contributed by atoms with Gasteiger partial charge in [-0.2, -0.15) is 0 Å². The fraction of sp³-hybridized carbons (Fsp3) is 0.143. The summed E-state index contributed by atoms with van der Waals surface area (Å²) < 4.78 is 0. The maximum Gasteiger partial charge on any atom is 0.0550 e. The summed E-state index contributed by atoms with van der Waals surface area (Å²) in [6.45, 7) is 1.98. The van der Waals surface area contributed by atoms with Crippen molar-refractivity contribution in [2.45, 2.75) is 6.92 Å². The standard InChI is InChI=1S/C7H10N2.H3N/c1-5-2-3-6(8)7(9)4-5;/h2-4H,8-9H2,1H3;1H3. The molecule has 0 fully saturated rings. The second kappa shape index (κ2) is 3.08. The second-order valence-corrected chi connectivity index (χ2v) is 2.13. The molecule has 3 nitrogen and oxygen atoms in total. The molecule has 0 unspecified atom stereocenters. The predicted molar refractivity (Wildman–Crippen MR) is 45.0 cm³/mol. The van der Waals surface area contributed by atoms with Crippen LogP contribution in [0.2, 0.25) is 0 Å². The molecular formula is C7H13N3. The number of hydrogen-bond donors (Lipinski definition) is 3. The molecule has 0 saturated carbocycles. The Kier molecular flexibility index (Phi) is 2.70. The summed E-state index contributed by atoms with van der Waals surface area (Å²) in [6.07, 6.45) is 0. The van der Waals surface area contributed by atoms with Crippen LogP contribution in [0.4, 0.5) is 11.4 Å². The Balaban J connectivity index is 0.000000810. The lowest BCUT2D eigenvalue weighted by molar-refractivity contribution is 1.47. The number of nitrogen functional groups attached to an aromatic ring is 2. The lowest BCUT2D eigenvalue weighted by atomic mass is 10.2. The number of benzene rings is 1. The van der Waals surface area contributed by atoms with Crippen LogP contribution in [-0.4, -0.2) is 0 Å². The molecule has 7 N–H and O–H groups in total. The summed E-state index contributed by atoms with van der Waals surface area (Å²) in [6, 6.07) is 5.60. The first kappa shape index (κ1) is 8.78. The summed E-state index contributed by atoms with van der Waals surface area (Å²) in [5.74, 6) is 0. The van der Waals surface area contributed by atoms with E-state index in [4.69, 9.17) is 11.5 Å². The van der Waals surface area contributed by atoms with Crippen molar-refractivity contribution in [2.75, 3.05) is 11.5 Å². The molecule has 0 aliphatic heterocycles. The SMILES string of the molecule is Cc1ccc(N)c(N)c1.N. The van der Waals surface area contributed by atoms with Gasteiger partial charge in [-0.1, -0.05) is 6.07 Å². The molecule has 0 spiro atoms. The van der Waals surface area contributed by atoms with E-state index in [1.54, 1.807) is 0 Å². The molecule has 0 radical (unpaired) electrons. The van der Waals surface area contributed by atoms with Gasteiger partial charge >= 0.3 is 0 Å². The van der Waals surface area contributed by atoms with Crippen LogP contribution in [0, 0.1) is 6.92 Å². The van der Waals surface area contributed by atoms with Gasteiger partial charge in [-0.3, -0.25) is 0 Å². The third-order valence-corrected chi connectivity index (χ3v) is 1.24. The molecule has 0 aromatic heterocycles. The van der Waals surface area contributed by atoms with E-state index in [-0.39, 0.29) is 6.15 Å². The highest BCUT2D eigenvalue weighted by Gasteiger charge is 1.90. The van der Waals surface area contributed by atoms with Gasteiger partial charge in [-0.25, -0.2) is 0 Å². The van der Waals surface area contributed by atoms with Gasteiger partial charge in [0, 0.05) is 0 Å². The number of anilines is 2. The Bertz CT molecular complexity index is 220. The minimum Gasteiger partial charge on any atom is -0.397 e. The molecule has 0 saturated heterocycles. The maximum absolute atomic E-state index is 5.50. The lowest BCUT2D eigenvalue weighted by Gasteiger charge is -1.98. The fourth-order valence-electron chi connectivity index (χ4n) is 0.694. The van der Waals surface area contributed by atoms with E-state index in [9.17, 15) is 0 Å². The summed E-state index contributed by atoms with van der Waals surface area (Å²) in [5, 5.41) is 0. The lowest BCUT2D eigenvalue weighted by Crippen LogP contribution is -1.93. The van der Waals surface area contributed by atoms with Crippen molar-refractivity contribution in [1.29, 1.82) is 0 Å². The van der Waals surface area contributed by atoms with E-state index in [0.717, 1.165) is 5.56 Å². The Morgan fingerprint density at radius 1 is 1.10 bits per heavy atom. The molecule has 0 bridgehead atoms. The number of hydrogen-bond acceptors (Lipinski definition) is 3. The Morgan fingerprint density at radius 3 is 2.10 bits per heavy atom. The van der Waals surface area contributed by atoms with Crippen LogP contribution in [0.5, 0.6) is 0 Å². The molecule has 56 valence electrons. The minimum absolute atomic E-state index is 0. The summed E-state index contributed by atoms with van der Waals surface area (Å²) >= 11 is 0. The van der Waals surface area contributed by atoms with Gasteiger partial charge in [0.2, 0.25) is 0 Å². The zero-order valence-electron chi connectivity index (χ0n) is 6.09. The number of nitrogens with two attached hydrogens (primary N) is 2. The zero-order chi connectivity index (χ0) is 6.85. The van der Waals surface area contributed by atoms with Crippen LogP contribution in [0.25, 0.3) is 0 Å². The maximum atomic E-state index is 5.50. The van der Waals surface area contributed by atoms with Crippen molar-refractivity contribution in [2.24, 2.45) is 0 Å². The first-order chi connectivity index (χ1) is 4.20. The molecule has 0 aliphatic rings. The van der Waals surface area contributed by atoms with Crippen molar-refractivity contribution >= 4 is 11.4 Å².